The highest BCUT2D eigenvalue weighted by molar-refractivity contribution is 9.10. The number of anilines is 1. The normalized spacial score (nSPS) is 25.8. The number of halogens is 1. The van der Waals surface area contributed by atoms with Crippen LogP contribution >= 0.6 is 15.9 Å². The Morgan fingerprint density at radius 3 is 2.52 bits per heavy atom. The third kappa shape index (κ3) is 3.20. The molecule has 0 aromatic heterocycles. The van der Waals surface area contributed by atoms with Crippen LogP contribution in [0.1, 0.15) is 19.3 Å². The number of amides is 2. The Morgan fingerprint density at radius 2 is 1.84 bits per heavy atom. The van der Waals surface area contributed by atoms with Gasteiger partial charge < -0.3 is 19.3 Å². The van der Waals surface area contributed by atoms with Crippen molar-refractivity contribution >= 4 is 33.4 Å². The Balaban J connectivity index is 1.40. The number of ether oxygens (including phenoxy) is 2. The van der Waals surface area contributed by atoms with Gasteiger partial charge in [0.2, 0.25) is 11.8 Å². The van der Waals surface area contributed by atoms with Crippen LogP contribution in [0.4, 0.5) is 5.69 Å². The van der Waals surface area contributed by atoms with Crippen molar-refractivity contribution in [2.24, 2.45) is 5.92 Å². The molecule has 1 aromatic carbocycles. The fourth-order valence-corrected chi connectivity index (χ4v) is 4.39. The fraction of sp³-hybridized carbons (Fsp3) is 0.556. The van der Waals surface area contributed by atoms with Crippen LogP contribution in [0.25, 0.3) is 0 Å². The number of rotatable bonds is 2. The average Bonchev–Trinajstić information content (AvgIpc) is 3.23. The second-order valence-corrected chi connectivity index (χ2v) is 7.64. The molecule has 1 spiro atoms. The average molecular weight is 409 g/mol. The minimum atomic E-state index is -0.483. The van der Waals surface area contributed by atoms with Crippen molar-refractivity contribution < 1.29 is 19.1 Å². The van der Waals surface area contributed by atoms with Crippen molar-refractivity contribution in [2.75, 3.05) is 37.7 Å². The van der Waals surface area contributed by atoms with Gasteiger partial charge in [-0.15, -0.1) is 0 Å². The van der Waals surface area contributed by atoms with Crippen molar-refractivity contribution in [2.45, 2.75) is 25.0 Å². The molecule has 1 atom stereocenters. The number of piperidine rings is 1. The monoisotopic (exact) mass is 408 g/mol. The molecule has 25 heavy (non-hydrogen) atoms. The molecule has 3 saturated heterocycles. The molecule has 0 saturated carbocycles. The molecular formula is C18H21BrN2O4. The molecule has 3 aliphatic heterocycles. The van der Waals surface area contributed by atoms with E-state index in [1.807, 2.05) is 29.2 Å². The van der Waals surface area contributed by atoms with Gasteiger partial charge in [0.05, 0.1) is 24.8 Å². The smallest absolute Gasteiger partial charge is 0.228 e. The fourth-order valence-electron chi connectivity index (χ4n) is 3.89. The lowest BCUT2D eigenvalue weighted by molar-refractivity contribution is -0.188. The molecule has 4 rings (SSSR count). The first kappa shape index (κ1) is 17.0. The van der Waals surface area contributed by atoms with E-state index in [-0.39, 0.29) is 24.2 Å². The van der Waals surface area contributed by atoms with Crippen molar-refractivity contribution in [1.29, 1.82) is 0 Å². The molecule has 0 N–H and O–H groups in total. The van der Waals surface area contributed by atoms with E-state index in [2.05, 4.69) is 15.9 Å². The Hall–Kier alpha value is -1.44. The van der Waals surface area contributed by atoms with Gasteiger partial charge in [-0.05, 0) is 28.1 Å². The van der Waals surface area contributed by atoms with E-state index < -0.39 is 5.79 Å². The molecule has 134 valence electrons. The van der Waals surface area contributed by atoms with Crippen LogP contribution in [0.15, 0.2) is 28.7 Å². The lowest BCUT2D eigenvalue weighted by Gasteiger charge is -2.38. The van der Waals surface area contributed by atoms with Crippen molar-refractivity contribution in [3.8, 4) is 0 Å². The van der Waals surface area contributed by atoms with Gasteiger partial charge >= 0.3 is 0 Å². The van der Waals surface area contributed by atoms with Crippen molar-refractivity contribution in [1.82, 2.24) is 4.90 Å². The van der Waals surface area contributed by atoms with Crippen LogP contribution in [0.5, 0.6) is 0 Å². The largest absolute Gasteiger partial charge is 0.347 e. The van der Waals surface area contributed by atoms with E-state index in [1.54, 1.807) is 4.90 Å². The number of hydrogen-bond donors (Lipinski definition) is 0. The van der Waals surface area contributed by atoms with E-state index in [1.165, 1.54) is 0 Å². The van der Waals surface area contributed by atoms with Gasteiger partial charge in [0.25, 0.3) is 0 Å². The van der Waals surface area contributed by atoms with Gasteiger partial charge in [0.1, 0.15) is 0 Å². The molecule has 3 aliphatic rings. The Bertz CT molecular complexity index is 679. The highest BCUT2D eigenvalue weighted by Crippen LogP contribution is 2.34. The minimum Gasteiger partial charge on any atom is -0.347 e. The van der Waals surface area contributed by atoms with E-state index >= 15 is 0 Å². The summed E-state index contributed by atoms with van der Waals surface area (Å²) in [5, 5.41) is 0. The van der Waals surface area contributed by atoms with Gasteiger partial charge in [0, 0.05) is 43.4 Å². The molecule has 0 bridgehead atoms. The molecular weight excluding hydrogens is 388 g/mol. The lowest BCUT2D eigenvalue weighted by Crippen LogP contribution is -2.49. The van der Waals surface area contributed by atoms with Crippen LogP contribution < -0.4 is 4.90 Å². The van der Waals surface area contributed by atoms with Gasteiger partial charge in [-0.1, -0.05) is 12.1 Å². The van der Waals surface area contributed by atoms with E-state index in [9.17, 15) is 9.59 Å². The van der Waals surface area contributed by atoms with Gasteiger partial charge in [-0.2, -0.15) is 0 Å². The number of carbonyl (C=O) groups is 2. The maximum absolute atomic E-state index is 12.9. The zero-order valence-electron chi connectivity index (χ0n) is 13.9. The molecule has 2 amide bonds. The summed E-state index contributed by atoms with van der Waals surface area (Å²) >= 11 is 3.48. The zero-order valence-corrected chi connectivity index (χ0v) is 15.5. The topological polar surface area (TPSA) is 59.1 Å². The van der Waals surface area contributed by atoms with Gasteiger partial charge in [-0.25, -0.2) is 0 Å². The first-order chi connectivity index (χ1) is 12.1. The van der Waals surface area contributed by atoms with E-state index in [4.69, 9.17) is 9.47 Å². The van der Waals surface area contributed by atoms with Gasteiger partial charge in [0.15, 0.2) is 5.79 Å². The number of nitrogens with zero attached hydrogens (tertiary/aromatic N) is 2. The Kier molecular flexibility index (Phi) is 4.56. The number of para-hydroxylation sites is 1. The van der Waals surface area contributed by atoms with E-state index in [0.717, 1.165) is 10.2 Å². The second kappa shape index (κ2) is 6.70. The maximum Gasteiger partial charge on any atom is 0.228 e. The first-order valence-electron chi connectivity index (χ1n) is 8.70. The Labute approximate surface area is 155 Å². The quantitative estimate of drug-likeness (QED) is 0.752. The Morgan fingerprint density at radius 1 is 1.16 bits per heavy atom. The van der Waals surface area contributed by atoms with E-state index in [0.29, 0.717) is 45.7 Å². The van der Waals surface area contributed by atoms with Crippen LogP contribution in [-0.2, 0) is 19.1 Å². The summed E-state index contributed by atoms with van der Waals surface area (Å²) in [6, 6.07) is 7.61. The summed E-state index contributed by atoms with van der Waals surface area (Å²) < 4.78 is 12.3. The highest BCUT2D eigenvalue weighted by Gasteiger charge is 2.43. The maximum atomic E-state index is 12.9. The SMILES string of the molecule is O=C([C@@H]1CC(=O)N(c2ccccc2Br)C1)N1CCC2(CC1)OCCO2. The first-order valence-corrected chi connectivity index (χ1v) is 9.49. The molecule has 6 nitrogen and oxygen atoms in total. The zero-order chi connectivity index (χ0) is 17.4. The molecule has 3 fully saturated rings. The second-order valence-electron chi connectivity index (χ2n) is 6.79. The summed E-state index contributed by atoms with van der Waals surface area (Å²) in [4.78, 5) is 28.9. The summed E-state index contributed by atoms with van der Waals surface area (Å²) in [7, 11) is 0. The minimum absolute atomic E-state index is 0.00110. The lowest BCUT2D eigenvalue weighted by atomic mass is 10.0. The molecule has 0 aliphatic carbocycles. The van der Waals surface area contributed by atoms with Crippen LogP contribution in [0.3, 0.4) is 0 Å². The molecule has 0 radical (unpaired) electrons. The molecule has 3 heterocycles. The number of carbonyl (C=O) groups excluding carboxylic acids is 2. The summed E-state index contributed by atoms with van der Waals surface area (Å²) in [6.45, 7) is 2.95. The summed E-state index contributed by atoms with van der Waals surface area (Å²) in [5.74, 6) is -0.695. The standard InChI is InChI=1S/C18H21BrN2O4/c19-14-3-1-2-4-15(14)21-12-13(11-16(21)22)17(23)20-7-5-18(6-8-20)24-9-10-25-18/h1-4,13H,5-12H2/t13-/m1/s1. The van der Waals surface area contributed by atoms with Crippen molar-refractivity contribution in [3.05, 3.63) is 28.7 Å². The third-order valence-corrected chi connectivity index (χ3v) is 5.94. The van der Waals surface area contributed by atoms with Crippen LogP contribution in [-0.4, -0.2) is 55.3 Å². The molecule has 1 aromatic rings. The van der Waals surface area contributed by atoms with Crippen LogP contribution in [0.2, 0.25) is 0 Å². The van der Waals surface area contributed by atoms with Gasteiger partial charge in [-0.3, -0.25) is 9.59 Å². The number of likely N-dealkylation sites (tertiary alicyclic amines) is 1. The highest BCUT2D eigenvalue weighted by atomic mass is 79.9. The summed E-state index contributed by atoms with van der Waals surface area (Å²) in [5.41, 5.74) is 0.827. The molecule has 0 unspecified atom stereocenters. The number of benzene rings is 1. The predicted octanol–water partition coefficient (Wildman–Crippen LogP) is 2.17. The predicted molar refractivity (Wildman–Crippen MR) is 95.1 cm³/mol. The number of hydrogen-bond acceptors (Lipinski definition) is 4. The third-order valence-electron chi connectivity index (χ3n) is 5.27. The van der Waals surface area contributed by atoms with Crippen molar-refractivity contribution in [3.63, 3.8) is 0 Å². The molecule has 7 heteroatoms. The van der Waals surface area contributed by atoms with Crippen LogP contribution in [0, 0.1) is 5.92 Å². The summed E-state index contributed by atoms with van der Waals surface area (Å²) in [6.07, 6.45) is 1.68.